The van der Waals surface area contributed by atoms with Gasteiger partial charge in [-0.25, -0.2) is 0 Å². The van der Waals surface area contributed by atoms with Gasteiger partial charge in [-0.05, 0) is 89.9 Å². The summed E-state index contributed by atoms with van der Waals surface area (Å²) < 4.78 is 0. The summed E-state index contributed by atoms with van der Waals surface area (Å²) in [7, 11) is 0. The third-order valence-electron chi connectivity index (χ3n) is 13.3. The van der Waals surface area contributed by atoms with Gasteiger partial charge in [-0.2, -0.15) is 0 Å². The van der Waals surface area contributed by atoms with Crippen LogP contribution in [0.15, 0.2) is 97.2 Å². The van der Waals surface area contributed by atoms with Crippen LogP contribution >= 0.6 is 0 Å². The first-order valence-electron chi connectivity index (χ1n) is 30.0. The summed E-state index contributed by atoms with van der Waals surface area (Å²) in [6.07, 6.45) is 88.7. The van der Waals surface area contributed by atoms with Crippen molar-refractivity contribution in [3.63, 3.8) is 0 Å². The maximum absolute atomic E-state index is 12.5. The first-order chi connectivity index (χ1) is 34.2. The Kier molecular flexibility index (Phi) is 57.3. The standard InChI is InChI=1S/C65H115NO3/c1-3-5-7-9-11-13-15-17-19-21-23-25-27-28-29-30-31-32-33-34-35-36-37-38-39-41-43-45-47-49-51-53-55-57-59-61-65(69)66-63(62-67)64(68)60-58-56-54-52-50-48-46-44-42-40-26-24-22-20-18-16-14-12-10-8-6-4-2/h5,7,11,13,17,19,23,25,28-29,42,44,50,52,58,60,63-64,67-68H,3-4,6,8-10,12,14-16,18,20-22,24,26-27,30-41,43,45-49,51,53-57,59,61-62H2,1-2H3,(H,66,69)/b7-5-,13-11-,19-17-,25-23-,29-28-,44-42+,52-50+,60-58+. The van der Waals surface area contributed by atoms with E-state index in [1.807, 2.05) is 6.08 Å². The normalized spacial score (nSPS) is 13.5. The number of hydrogen-bond donors (Lipinski definition) is 3. The van der Waals surface area contributed by atoms with Crippen molar-refractivity contribution in [3.8, 4) is 0 Å². The Balaban J connectivity index is 3.53. The molecule has 0 aromatic carbocycles. The van der Waals surface area contributed by atoms with Gasteiger partial charge in [0.2, 0.25) is 5.91 Å². The number of rotatable bonds is 54. The van der Waals surface area contributed by atoms with Crippen LogP contribution in [0.25, 0.3) is 0 Å². The van der Waals surface area contributed by atoms with Gasteiger partial charge in [0.1, 0.15) is 0 Å². The largest absolute Gasteiger partial charge is 0.394 e. The summed E-state index contributed by atoms with van der Waals surface area (Å²) in [4.78, 5) is 12.5. The number of nitrogens with one attached hydrogen (secondary N) is 1. The molecular weight excluding hydrogens is 843 g/mol. The molecule has 0 aromatic rings. The molecule has 4 heteroatoms. The Morgan fingerprint density at radius 1 is 0.362 bits per heavy atom. The molecule has 0 aliphatic heterocycles. The smallest absolute Gasteiger partial charge is 0.220 e. The molecule has 0 spiro atoms. The molecule has 0 saturated heterocycles. The molecule has 0 bridgehead atoms. The molecule has 2 unspecified atom stereocenters. The van der Waals surface area contributed by atoms with Gasteiger partial charge >= 0.3 is 0 Å². The zero-order valence-electron chi connectivity index (χ0n) is 45.8. The van der Waals surface area contributed by atoms with E-state index < -0.39 is 12.1 Å². The van der Waals surface area contributed by atoms with Gasteiger partial charge in [-0.1, -0.05) is 291 Å². The monoisotopic (exact) mass is 958 g/mol. The van der Waals surface area contributed by atoms with E-state index in [2.05, 4.69) is 104 Å². The Labute approximate surface area is 430 Å². The molecular formula is C65H115NO3. The fourth-order valence-corrected chi connectivity index (χ4v) is 8.77. The van der Waals surface area contributed by atoms with Crippen molar-refractivity contribution in [1.29, 1.82) is 0 Å². The van der Waals surface area contributed by atoms with Crippen molar-refractivity contribution in [1.82, 2.24) is 5.32 Å². The minimum Gasteiger partial charge on any atom is -0.394 e. The van der Waals surface area contributed by atoms with E-state index in [9.17, 15) is 15.0 Å². The molecule has 0 radical (unpaired) electrons. The maximum atomic E-state index is 12.5. The van der Waals surface area contributed by atoms with Gasteiger partial charge in [0.05, 0.1) is 18.8 Å². The highest BCUT2D eigenvalue weighted by molar-refractivity contribution is 5.76. The Bertz CT molecular complexity index is 1270. The van der Waals surface area contributed by atoms with E-state index in [1.165, 1.54) is 199 Å². The lowest BCUT2D eigenvalue weighted by atomic mass is 10.0. The molecule has 1 amide bonds. The molecule has 4 nitrogen and oxygen atoms in total. The lowest BCUT2D eigenvalue weighted by Gasteiger charge is -2.19. The summed E-state index contributed by atoms with van der Waals surface area (Å²) in [6.45, 7) is 4.19. The van der Waals surface area contributed by atoms with Gasteiger partial charge in [0, 0.05) is 6.42 Å². The SMILES string of the molecule is CC/C=C\C/C=C\C/C=C\C/C=C\C/C=C\CCCCCCCCCCCCCCCCCCCCCC(=O)NC(CO)C(O)/C=C/CC/C=C/CC/C=C/CCCCCCCCCCCCCC. The Morgan fingerprint density at radius 3 is 1.01 bits per heavy atom. The Morgan fingerprint density at radius 2 is 0.652 bits per heavy atom. The van der Waals surface area contributed by atoms with Crippen LogP contribution in [0.5, 0.6) is 0 Å². The van der Waals surface area contributed by atoms with Crippen LogP contribution in [-0.2, 0) is 4.79 Å². The average Bonchev–Trinajstić information content (AvgIpc) is 3.35. The van der Waals surface area contributed by atoms with Crippen LogP contribution in [0.3, 0.4) is 0 Å². The average molecular weight is 959 g/mol. The molecule has 69 heavy (non-hydrogen) atoms. The van der Waals surface area contributed by atoms with Crippen molar-refractivity contribution >= 4 is 5.91 Å². The van der Waals surface area contributed by atoms with E-state index in [4.69, 9.17) is 0 Å². The molecule has 0 saturated carbocycles. The van der Waals surface area contributed by atoms with Crippen LogP contribution in [0.2, 0.25) is 0 Å². The zero-order valence-corrected chi connectivity index (χ0v) is 45.8. The van der Waals surface area contributed by atoms with E-state index in [0.29, 0.717) is 6.42 Å². The van der Waals surface area contributed by atoms with Crippen molar-refractivity contribution < 1.29 is 15.0 Å². The number of aliphatic hydroxyl groups is 2. The van der Waals surface area contributed by atoms with Crippen LogP contribution in [0, 0.1) is 0 Å². The summed E-state index contributed by atoms with van der Waals surface area (Å²) in [5, 5.41) is 23.2. The third-order valence-corrected chi connectivity index (χ3v) is 13.3. The molecule has 0 fully saturated rings. The predicted molar refractivity (Wildman–Crippen MR) is 308 cm³/mol. The van der Waals surface area contributed by atoms with Crippen molar-refractivity contribution in [2.24, 2.45) is 0 Å². The third kappa shape index (κ3) is 56.1. The van der Waals surface area contributed by atoms with Crippen molar-refractivity contribution in [2.75, 3.05) is 6.61 Å². The second-order valence-electron chi connectivity index (χ2n) is 20.0. The fraction of sp³-hybridized carbons (Fsp3) is 0.738. The van der Waals surface area contributed by atoms with Crippen LogP contribution < -0.4 is 5.32 Å². The minimum atomic E-state index is -0.874. The van der Waals surface area contributed by atoms with Gasteiger partial charge in [-0.15, -0.1) is 0 Å². The first-order valence-corrected chi connectivity index (χ1v) is 30.0. The number of carbonyl (C=O) groups excluding carboxylic acids is 1. The maximum Gasteiger partial charge on any atom is 0.220 e. The van der Waals surface area contributed by atoms with Crippen molar-refractivity contribution in [2.45, 2.75) is 302 Å². The highest BCUT2D eigenvalue weighted by Crippen LogP contribution is 2.16. The van der Waals surface area contributed by atoms with Gasteiger partial charge in [0.25, 0.3) is 0 Å². The summed E-state index contributed by atoms with van der Waals surface area (Å²) >= 11 is 0. The number of allylic oxidation sites excluding steroid dienone is 15. The first kappa shape index (κ1) is 66.3. The predicted octanol–water partition coefficient (Wildman–Crippen LogP) is 20.1. The lowest BCUT2D eigenvalue weighted by Crippen LogP contribution is -2.45. The summed E-state index contributed by atoms with van der Waals surface area (Å²) in [6, 6.07) is -0.650. The van der Waals surface area contributed by atoms with E-state index in [-0.39, 0.29) is 12.5 Å². The number of aliphatic hydroxyl groups excluding tert-OH is 2. The number of carbonyl (C=O) groups is 1. The fourth-order valence-electron chi connectivity index (χ4n) is 8.77. The highest BCUT2D eigenvalue weighted by atomic mass is 16.3. The molecule has 3 N–H and O–H groups in total. The molecule has 398 valence electrons. The van der Waals surface area contributed by atoms with E-state index in [1.54, 1.807) is 6.08 Å². The molecule has 2 atom stereocenters. The minimum absolute atomic E-state index is 0.0769. The summed E-state index contributed by atoms with van der Waals surface area (Å²) in [5.74, 6) is -0.0769. The van der Waals surface area contributed by atoms with Gasteiger partial charge in [0.15, 0.2) is 0 Å². The lowest BCUT2D eigenvalue weighted by molar-refractivity contribution is -0.123. The topological polar surface area (TPSA) is 69.6 Å². The quantitative estimate of drug-likeness (QED) is 0.0420. The molecule has 0 rings (SSSR count). The number of unbranched alkanes of at least 4 members (excludes halogenated alkanes) is 33. The molecule has 0 aliphatic rings. The van der Waals surface area contributed by atoms with Crippen molar-refractivity contribution in [3.05, 3.63) is 97.2 Å². The van der Waals surface area contributed by atoms with E-state index in [0.717, 1.165) is 70.6 Å². The second kappa shape index (κ2) is 59.6. The molecule has 0 heterocycles. The molecule has 0 aromatic heterocycles. The van der Waals surface area contributed by atoms with Gasteiger partial charge in [-0.3, -0.25) is 4.79 Å². The summed E-state index contributed by atoms with van der Waals surface area (Å²) in [5.41, 5.74) is 0. The second-order valence-corrected chi connectivity index (χ2v) is 20.0. The number of amides is 1. The van der Waals surface area contributed by atoms with Crippen LogP contribution in [0.1, 0.15) is 290 Å². The number of hydrogen-bond acceptors (Lipinski definition) is 3. The highest BCUT2D eigenvalue weighted by Gasteiger charge is 2.18. The van der Waals surface area contributed by atoms with Crippen LogP contribution in [0.4, 0.5) is 0 Å². The zero-order chi connectivity index (χ0) is 49.9. The molecule has 0 aliphatic carbocycles. The van der Waals surface area contributed by atoms with Gasteiger partial charge < -0.3 is 15.5 Å². The van der Waals surface area contributed by atoms with E-state index >= 15 is 0 Å². The van der Waals surface area contributed by atoms with Crippen LogP contribution in [-0.4, -0.2) is 34.9 Å². The Hall–Kier alpha value is -2.69.